The van der Waals surface area contributed by atoms with E-state index in [1.165, 1.54) is 13.2 Å². The van der Waals surface area contributed by atoms with E-state index in [0.29, 0.717) is 28.6 Å². The molecule has 156 valence electrons. The number of nitrogens with zero attached hydrogens (tertiary/aromatic N) is 1. The van der Waals surface area contributed by atoms with Crippen LogP contribution < -0.4 is 20.5 Å². The second kappa shape index (κ2) is 11.9. The number of likely N-dealkylation sites (N-methyl/N-ethyl adjacent to an activating group) is 1. The molecule has 1 atom stereocenters. The molecule has 0 aromatic heterocycles. The Morgan fingerprint density at radius 1 is 1.18 bits per heavy atom. The largest absolute Gasteiger partial charge is 0.497 e. The predicted octanol–water partition coefficient (Wildman–Crippen LogP) is 3.82. The molecule has 0 saturated carbocycles. The van der Waals surface area contributed by atoms with Crippen molar-refractivity contribution >= 4 is 48.0 Å². The van der Waals surface area contributed by atoms with Crippen LogP contribution in [0.4, 0.5) is 5.69 Å². The summed E-state index contributed by atoms with van der Waals surface area (Å²) in [6.45, 7) is 0.407. The number of carbonyl (C=O) groups excluding carboxylic acids is 1. The summed E-state index contributed by atoms with van der Waals surface area (Å²) in [5.74, 6) is 0.873. The van der Waals surface area contributed by atoms with Gasteiger partial charge in [0.15, 0.2) is 0 Å². The van der Waals surface area contributed by atoms with Crippen LogP contribution in [-0.4, -0.2) is 45.7 Å². The number of nitrogen functional groups attached to an aromatic ring is 1. The molecule has 28 heavy (non-hydrogen) atoms. The van der Waals surface area contributed by atoms with E-state index in [1.54, 1.807) is 13.2 Å². The van der Waals surface area contributed by atoms with Crippen molar-refractivity contribution in [2.75, 3.05) is 40.6 Å². The molecule has 0 aliphatic carbocycles. The van der Waals surface area contributed by atoms with Crippen LogP contribution in [0.1, 0.15) is 22.0 Å². The Kier molecular flexibility index (Phi) is 11.1. The van der Waals surface area contributed by atoms with Crippen LogP contribution in [-0.2, 0) is 0 Å². The zero-order valence-electron chi connectivity index (χ0n) is 16.2. The predicted molar refractivity (Wildman–Crippen MR) is 119 cm³/mol. The van der Waals surface area contributed by atoms with Gasteiger partial charge in [0, 0.05) is 12.6 Å². The maximum absolute atomic E-state index is 12.6. The lowest BCUT2D eigenvalue weighted by Crippen LogP contribution is -2.34. The van der Waals surface area contributed by atoms with E-state index in [0.717, 1.165) is 11.3 Å². The Balaban J connectivity index is 0.00000364. The van der Waals surface area contributed by atoms with Gasteiger partial charge >= 0.3 is 0 Å². The number of ether oxygens (including phenoxy) is 2. The molecule has 0 radical (unpaired) electrons. The molecular weight excluding hydrogens is 425 g/mol. The van der Waals surface area contributed by atoms with Gasteiger partial charge in [-0.05, 0) is 37.9 Å². The van der Waals surface area contributed by atoms with Gasteiger partial charge in [-0.25, -0.2) is 0 Å². The van der Waals surface area contributed by atoms with Crippen molar-refractivity contribution in [1.29, 1.82) is 0 Å². The molecule has 0 spiro atoms. The van der Waals surface area contributed by atoms with Gasteiger partial charge in [-0.15, -0.1) is 24.8 Å². The summed E-state index contributed by atoms with van der Waals surface area (Å²) in [5.41, 5.74) is 7.51. The highest BCUT2D eigenvalue weighted by molar-refractivity contribution is 6.33. The molecular formula is C19H26Cl3N3O3. The number of halogens is 3. The lowest BCUT2D eigenvalue weighted by atomic mass is 10.1. The lowest BCUT2D eigenvalue weighted by molar-refractivity contribution is 0.0939. The third-order valence-corrected chi connectivity index (χ3v) is 4.45. The SMILES string of the molecule is COc1cccc(C(CNC(=O)c2cc(Cl)c(N)cc2OC)N(C)C)c1.Cl.Cl. The first-order chi connectivity index (χ1) is 12.4. The molecule has 0 bridgehead atoms. The number of benzene rings is 2. The minimum absolute atomic E-state index is 0. The van der Waals surface area contributed by atoms with Crippen LogP contribution in [0.25, 0.3) is 0 Å². The summed E-state index contributed by atoms with van der Waals surface area (Å²) in [7, 11) is 7.02. The Morgan fingerprint density at radius 3 is 2.43 bits per heavy atom. The summed E-state index contributed by atoms with van der Waals surface area (Å²) in [4.78, 5) is 14.7. The zero-order chi connectivity index (χ0) is 19.3. The highest BCUT2D eigenvalue weighted by atomic mass is 35.5. The fourth-order valence-corrected chi connectivity index (χ4v) is 2.81. The number of anilines is 1. The van der Waals surface area contributed by atoms with Crippen molar-refractivity contribution in [1.82, 2.24) is 10.2 Å². The van der Waals surface area contributed by atoms with Crippen LogP contribution in [0.3, 0.4) is 0 Å². The number of hydrogen-bond acceptors (Lipinski definition) is 5. The number of rotatable bonds is 7. The summed E-state index contributed by atoms with van der Waals surface area (Å²) >= 11 is 6.05. The van der Waals surface area contributed by atoms with Crippen molar-refractivity contribution in [2.24, 2.45) is 0 Å². The zero-order valence-corrected chi connectivity index (χ0v) is 18.6. The topological polar surface area (TPSA) is 76.8 Å². The van der Waals surface area contributed by atoms with Crippen molar-refractivity contribution < 1.29 is 14.3 Å². The Morgan fingerprint density at radius 2 is 1.86 bits per heavy atom. The van der Waals surface area contributed by atoms with Crippen LogP contribution in [0.15, 0.2) is 36.4 Å². The fourth-order valence-electron chi connectivity index (χ4n) is 2.65. The number of hydrogen-bond donors (Lipinski definition) is 2. The van der Waals surface area contributed by atoms with Gasteiger partial charge < -0.3 is 25.4 Å². The number of nitrogens with one attached hydrogen (secondary N) is 1. The molecule has 0 aliphatic heterocycles. The minimum Gasteiger partial charge on any atom is -0.497 e. The number of carbonyl (C=O) groups is 1. The number of methoxy groups -OCH3 is 2. The van der Waals surface area contributed by atoms with Gasteiger partial charge in [0.2, 0.25) is 0 Å². The molecule has 0 aliphatic rings. The molecule has 6 nitrogen and oxygen atoms in total. The van der Waals surface area contributed by atoms with Crippen LogP contribution in [0, 0.1) is 0 Å². The van der Waals surface area contributed by atoms with E-state index < -0.39 is 0 Å². The first-order valence-electron chi connectivity index (χ1n) is 8.09. The summed E-state index contributed by atoms with van der Waals surface area (Å²) in [5, 5.41) is 3.25. The Labute approximate surface area is 183 Å². The van der Waals surface area contributed by atoms with Gasteiger partial charge in [-0.3, -0.25) is 4.79 Å². The standard InChI is InChI=1S/C19H24ClN3O3.2ClH/c1-23(2)17(12-6-5-7-13(8-12)25-3)11-22-19(24)14-9-15(20)16(21)10-18(14)26-4;;/h5-10,17H,11,21H2,1-4H3,(H,22,24);2*1H. The highest BCUT2D eigenvalue weighted by Gasteiger charge is 2.19. The molecule has 9 heteroatoms. The van der Waals surface area contributed by atoms with E-state index in [1.807, 2.05) is 43.3 Å². The van der Waals surface area contributed by atoms with Gasteiger partial charge in [0.05, 0.1) is 36.5 Å². The van der Waals surface area contributed by atoms with Gasteiger partial charge in [-0.2, -0.15) is 0 Å². The second-order valence-corrected chi connectivity index (χ2v) is 6.45. The van der Waals surface area contributed by atoms with Crippen LogP contribution in [0.5, 0.6) is 11.5 Å². The van der Waals surface area contributed by atoms with Crippen molar-refractivity contribution in [3.8, 4) is 11.5 Å². The molecule has 3 N–H and O–H groups in total. The first kappa shape index (κ1) is 26.1. The maximum Gasteiger partial charge on any atom is 0.255 e. The van der Waals surface area contributed by atoms with E-state index in [4.69, 9.17) is 26.8 Å². The van der Waals surface area contributed by atoms with Crippen LogP contribution >= 0.6 is 36.4 Å². The average Bonchev–Trinajstić information content (AvgIpc) is 2.63. The van der Waals surface area contributed by atoms with Crippen LogP contribution in [0.2, 0.25) is 5.02 Å². The number of amides is 1. The van der Waals surface area contributed by atoms with Crippen molar-refractivity contribution in [2.45, 2.75) is 6.04 Å². The van der Waals surface area contributed by atoms with E-state index in [2.05, 4.69) is 5.32 Å². The third-order valence-electron chi connectivity index (χ3n) is 4.12. The molecule has 0 saturated heterocycles. The summed E-state index contributed by atoms with van der Waals surface area (Å²) in [6.07, 6.45) is 0. The van der Waals surface area contributed by atoms with Gasteiger partial charge in [0.1, 0.15) is 11.5 Å². The maximum atomic E-state index is 12.6. The molecule has 0 fully saturated rings. The lowest BCUT2D eigenvalue weighted by Gasteiger charge is -2.25. The van der Waals surface area contributed by atoms with Crippen molar-refractivity contribution in [3.63, 3.8) is 0 Å². The third kappa shape index (κ3) is 6.34. The normalized spacial score (nSPS) is 11.1. The van der Waals surface area contributed by atoms with Gasteiger partial charge in [0.25, 0.3) is 5.91 Å². The summed E-state index contributed by atoms with van der Waals surface area (Å²) < 4.78 is 10.5. The minimum atomic E-state index is -0.279. The Hall–Kier alpha value is -1.86. The molecule has 2 rings (SSSR count). The quantitative estimate of drug-likeness (QED) is 0.627. The highest BCUT2D eigenvalue weighted by Crippen LogP contribution is 2.29. The smallest absolute Gasteiger partial charge is 0.255 e. The molecule has 2 aromatic carbocycles. The molecule has 2 aromatic rings. The van der Waals surface area contributed by atoms with Gasteiger partial charge in [-0.1, -0.05) is 23.7 Å². The Bertz CT molecular complexity index is 788. The van der Waals surface area contributed by atoms with E-state index in [-0.39, 0.29) is 36.8 Å². The van der Waals surface area contributed by atoms with E-state index in [9.17, 15) is 4.79 Å². The second-order valence-electron chi connectivity index (χ2n) is 6.04. The first-order valence-corrected chi connectivity index (χ1v) is 8.46. The summed E-state index contributed by atoms with van der Waals surface area (Å²) in [6, 6.07) is 10.8. The molecule has 0 heterocycles. The van der Waals surface area contributed by atoms with Crippen molar-refractivity contribution in [3.05, 3.63) is 52.5 Å². The molecule has 1 amide bonds. The monoisotopic (exact) mass is 449 g/mol. The molecule has 1 unspecified atom stereocenters. The average molecular weight is 451 g/mol. The number of nitrogens with two attached hydrogens (primary N) is 1. The van der Waals surface area contributed by atoms with E-state index >= 15 is 0 Å². The fraction of sp³-hybridized carbons (Fsp3) is 0.316.